The Morgan fingerprint density at radius 2 is 1.73 bits per heavy atom. The van der Waals surface area contributed by atoms with E-state index in [1.807, 2.05) is 0 Å². The quantitative estimate of drug-likeness (QED) is 0.521. The summed E-state index contributed by atoms with van der Waals surface area (Å²) in [5.74, 6) is 0. The van der Waals surface area contributed by atoms with E-state index in [9.17, 15) is 0 Å². The largest absolute Gasteiger partial charge is 0.330 e. The molecule has 0 aromatic rings. The van der Waals surface area contributed by atoms with Crippen LogP contribution in [0.5, 0.6) is 0 Å². The molecule has 67 valence electrons. The second-order valence-corrected chi connectivity index (χ2v) is 2.81. The Morgan fingerprint density at radius 3 is 2.36 bits per heavy atom. The van der Waals surface area contributed by atoms with Crippen molar-refractivity contribution in [1.82, 2.24) is 5.32 Å². The highest BCUT2D eigenvalue weighted by Gasteiger charge is 1.87. The summed E-state index contributed by atoms with van der Waals surface area (Å²) in [7, 11) is 0. The number of unbranched alkanes of at least 4 members (excludes halogenated alkanes) is 3. The molecule has 0 amide bonds. The minimum atomic E-state index is 0.840. The molecule has 2 nitrogen and oxygen atoms in total. The average Bonchev–Trinajstić information content (AvgIpc) is 2.03. The summed E-state index contributed by atoms with van der Waals surface area (Å²) in [6, 6.07) is 0. The van der Waals surface area contributed by atoms with E-state index in [1.165, 1.54) is 25.7 Å². The second-order valence-electron chi connectivity index (χ2n) is 2.81. The first-order chi connectivity index (χ1) is 5.41. The van der Waals surface area contributed by atoms with Crippen molar-refractivity contribution in [1.29, 1.82) is 0 Å². The Morgan fingerprint density at radius 1 is 1.00 bits per heavy atom. The minimum Gasteiger partial charge on any atom is -0.330 e. The smallest absolute Gasteiger partial charge is 0.00489 e. The fourth-order valence-corrected chi connectivity index (χ4v) is 0.998. The third-order valence-electron chi connectivity index (χ3n) is 1.66. The van der Waals surface area contributed by atoms with Gasteiger partial charge in [0.25, 0.3) is 0 Å². The van der Waals surface area contributed by atoms with Crippen molar-refractivity contribution in [3.05, 3.63) is 6.92 Å². The zero-order chi connectivity index (χ0) is 8.36. The van der Waals surface area contributed by atoms with Crippen molar-refractivity contribution in [3.63, 3.8) is 0 Å². The van der Waals surface area contributed by atoms with Crippen molar-refractivity contribution in [2.24, 2.45) is 5.73 Å². The van der Waals surface area contributed by atoms with E-state index >= 15 is 0 Å². The Bertz CT molecular complexity index is 56.6. The Kier molecular flexibility index (Phi) is 9.85. The van der Waals surface area contributed by atoms with Crippen LogP contribution in [-0.4, -0.2) is 19.6 Å². The Hall–Kier alpha value is -0.0800. The van der Waals surface area contributed by atoms with Crippen LogP contribution in [0, 0.1) is 6.92 Å². The van der Waals surface area contributed by atoms with Crippen molar-refractivity contribution in [3.8, 4) is 0 Å². The average molecular weight is 157 g/mol. The van der Waals surface area contributed by atoms with Gasteiger partial charge in [0, 0.05) is 0 Å². The van der Waals surface area contributed by atoms with E-state index < -0.39 is 0 Å². The van der Waals surface area contributed by atoms with Crippen molar-refractivity contribution in [2.45, 2.75) is 32.1 Å². The van der Waals surface area contributed by atoms with Crippen LogP contribution in [0.3, 0.4) is 0 Å². The molecule has 0 rings (SSSR count). The lowest BCUT2D eigenvalue weighted by Gasteiger charge is -2.01. The third kappa shape index (κ3) is 9.92. The first-order valence-corrected chi connectivity index (χ1v) is 4.62. The molecule has 0 aromatic carbocycles. The molecule has 0 saturated carbocycles. The van der Waals surface area contributed by atoms with E-state index in [-0.39, 0.29) is 0 Å². The highest BCUT2D eigenvalue weighted by atomic mass is 14.8. The second kappa shape index (κ2) is 9.92. The van der Waals surface area contributed by atoms with Crippen molar-refractivity contribution >= 4 is 0 Å². The zero-order valence-electron chi connectivity index (χ0n) is 7.44. The predicted octanol–water partition coefficient (Wildman–Crippen LogP) is 1.32. The summed E-state index contributed by atoms with van der Waals surface area (Å²) in [6.45, 7) is 6.78. The molecule has 0 aliphatic heterocycles. The van der Waals surface area contributed by atoms with Gasteiger partial charge >= 0.3 is 0 Å². The van der Waals surface area contributed by atoms with Gasteiger partial charge in [-0.05, 0) is 38.9 Å². The Balaban J connectivity index is 2.69. The SMILES string of the molecule is [CH2]CCNCCCCCCN. The highest BCUT2D eigenvalue weighted by molar-refractivity contribution is 4.50. The van der Waals surface area contributed by atoms with Gasteiger partial charge in [-0.1, -0.05) is 19.8 Å². The van der Waals surface area contributed by atoms with E-state index in [1.54, 1.807) is 0 Å². The summed E-state index contributed by atoms with van der Waals surface area (Å²) in [5.41, 5.74) is 5.37. The molecule has 0 unspecified atom stereocenters. The fourth-order valence-electron chi connectivity index (χ4n) is 0.998. The van der Waals surface area contributed by atoms with Gasteiger partial charge in [-0.3, -0.25) is 0 Å². The van der Waals surface area contributed by atoms with Gasteiger partial charge in [0.15, 0.2) is 0 Å². The molecule has 0 heterocycles. The lowest BCUT2D eigenvalue weighted by molar-refractivity contribution is 0.593. The van der Waals surface area contributed by atoms with Gasteiger partial charge in [0.1, 0.15) is 0 Å². The predicted molar refractivity (Wildman–Crippen MR) is 50.4 cm³/mol. The number of hydrogen-bond donors (Lipinski definition) is 2. The van der Waals surface area contributed by atoms with Crippen LogP contribution >= 0.6 is 0 Å². The zero-order valence-corrected chi connectivity index (χ0v) is 7.44. The van der Waals surface area contributed by atoms with Gasteiger partial charge in [-0.25, -0.2) is 0 Å². The van der Waals surface area contributed by atoms with Crippen molar-refractivity contribution in [2.75, 3.05) is 19.6 Å². The first kappa shape index (κ1) is 10.9. The maximum atomic E-state index is 5.37. The summed E-state index contributed by atoms with van der Waals surface area (Å²) >= 11 is 0. The molecule has 1 radical (unpaired) electrons. The molecule has 0 aliphatic carbocycles. The lowest BCUT2D eigenvalue weighted by Crippen LogP contribution is -2.15. The van der Waals surface area contributed by atoms with Crippen LogP contribution in [0.1, 0.15) is 32.1 Å². The van der Waals surface area contributed by atoms with E-state index in [0.717, 1.165) is 26.1 Å². The van der Waals surface area contributed by atoms with Gasteiger partial charge in [-0.2, -0.15) is 0 Å². The Labute approximate surface area is 70.5 Å². The monoisotopic (exact) mass is 157 g/mol. The molecule has 11 heavy (non-hydrogen) atoms. The van der Waals surface area contributed by atoms with Gasteiger partial charge < -0.3 is 11.1 Å². The normalized spacial score (nSPS) is 10.4. The molecule has 0 fully saturated rings. The number of rotatable bonds is 8. The lowest BCUT2D eigenvalue weighted by atomic mass is 10.2. The molecule has 0 spiro atoms. The van der Waals surface area contributed by atoms with Crippen LogP contribution in [0.4, 0.5) is 0 Å². The molecule has 0 aromatic heterocycles. The molecule has 0 atom stereocenters. The van der Waals surface area contributed by atoms with Crippen LogP contribution in [0.2, 0.25) is 0 Å². The maximum Gasteiger partial charge on any atom is -0.00489 e. The molecule has 3 N–H and O–H groups in total. The molecule has 0 saturated heterocycles. The minimum absolute atomic E-state index is 0.840. The topological polar surface area (TPSA) is 38.0 Å². The highest BCUT2D eigenvalue weighted by Crippen LogP contribution is 1.96. The first-order valence-electron chi connectivity index (χ1n) is 4.62. The summed E-state index contributed by atoms with van der Waals surface area (Å²) in [6.07, 6.45) is 6.03. The fraction of sp³-hybridized carbons (Fsp3) is 0.889. The van der Waals surface area contributed by atoms with Crippen LogP contribution in [0.25, 0.3) is 0 Å². The van der Waals surface area contributed by atoms with Gasteiger partial charge in [0.05, 0.1) is 0 Å². The van der Waals surface area contributed by atoms with Crippen LogP contribution < -0.4 is 11.1 Å². The van der Waals surface area contributed by atoms with Crippen LogP contribution in [-0.2, 0) is 0 Å². The molecular formula is C9H21N2. The number of hydrogen-bond acceptors (Lipinski definition) is 2. The van der Waals surface area contributed by atoms with Gasteiger partial charge in [0.2, 0.25) is 0 Å². The number of nitrogens with two attached hydrogens (primary N) is 1. The molecule has 0 bridgehead atoms. The standard InChI is InChI=1S/C9H21N2/c1-2-8-11-9-6-4-3-5-7-10/h11H,1-10H2. The molecule has 0 aliphatic rings. The third-order valence-corrected chi connectivity index (χ3v) is 1.66. The van der Waals surface area contributed by atoms with E-state index in [4.69, 9.17) is 5.73 Å². The summed E-state index contributed by atoms with van der Waals surface area (Å²) < 4.78 is 0. The maximum absolute atomic E-state index is 5.37. The molecular weight excluding hydrogens is 136 g/mol. The van der Waals surface area contributed by atoms with Crippen molar-refractivity contribution < 1.29 is 0 Å². The van der Waals surface area contributed by atoms with E-state index in [0.29, 0.717) is 0 Å². The molecule has 2 heteroatoms. The van der Waals surface area contributed by atoms with Crippen LogP contribution in [0.15, 0.2) is 0 Å². The number of nitrogens with one attached hydrogen (secondary N) is 1. The van der Waals surface area contributed by atoms with Gasteiger partial charge in [-0.15, -0.1) is 0 Å². The summed E-state index contributed by atoms with van der Waals surface area (Å²) in [4.78, 5) is 0. The van der Waals surface area contributed by atoms with E-state index in [2.05, 4.69) is 12.2 Å². The summed E-state index contributed by atoms with van der Waals surface area (Å²) in [5, 5.41) is 3.32.